The Balaban J connectivity index is 3.43. The molecule has 58 heavy (non-hydrogen) atoms. The van der Waals surface area contributed by atoms with Gasteiger partial charge in [0.1, 0.15) is 0 Å². The average molecular weight is 818 g/mol. The second kappa shape index (κ2) is 50.5. The number of hydrogen-bond acceptors (Lipinski definition) is 3. The van der Waals surface area contributed by atoms with Crippen molar-refractivity contribution in [3.8, 4) is 0 Å². The maximum atomic E-state index is 12.4. The SMILES string of the molecule is CCCCCCCCCCCCCCCCCCCCCCCCCCCCCC/C=C/C(O)C(CO)NC(=O)CCCCCCCCCCCCCCCCCC. The van der Waals surface area contributed by atoms with E-state index in [0.29, 0.717) is 6.42 Å². The summed E-state index contributed by atoms with van der Waals surface area (Å²) in [5.41, 5.74) is 0. The van der Waals surface area contributed by atoms with Gasteiger partial charge >= 0.3 is 0 Å². The highest BCUT2D eigenvalue weighted by molar-refractivity contribution is 5.76. The predicted molar refractivity (Wildman–Crippen MR) is 258 cm³/mol. The zero-order valence-corrected chi connectivity index (χ0v) is 39.8. The summed E-state index contributed by atoms with van der Waals surface area (Å²) in [4.78, 5) is 12.4. The predicted octanol–water partition coefficient (Wildman–Crippen LogP) is 17.4. The summed E-state index contributed by atoms with van der Waals surface area (Å²) in [7, 11) is 0. The fourth-order valence-electron chi connectivity index (χ4n) is 8.65. The third-order valence-electron chi connectivity index (χ3n) is 12.8. The lowest BCUT2D eigenvalue weighted by Gasteiger charge is -2.20. The molecule has 4 nitrogen and oxygen atoms in total. The molecular weight excluding hydrogens is 711 g/mol. The van der Waals surface area contributed by atoms with E-state index in [4.69, 9.17) is 0 Å². The van der Waals surface area contributed by atoms with Crippen LogP contribution < -0.4 is 5.32 Å². The third-order valence-corrected chi connectivity index (χ3v) is 12.8. The van der Waals surface area contributed by atoms with Crippen molar-refractivity contribution in [3.63, 3.8) is 0 Å². The summed E-state index contributed by atoms with van der Waals surface area (Å²) in [6, 6.07) is -0.617. The van der Waals surface area contributed by atoms with Gasteiger partial charge in [-0.2, -0.15) is 0 Å². The highest BCUT2D eigenvalue weighted by atomic mass is 16.3. The molecule has 0 aromatic carbocycles. The van der Waals surface area contributed by atoms with Gasteiger partial charge in [-0.05, 0) is 19.3 Å². The van der Waals surface area contributed by atoms with Gasteiger partial charge < -0.3 is 15.5 Å². The summed E-state index contributed by atoms with van der Waals surface area (Å²) in [6.07, 6.45) is 65.1. The van der Waals surface area contributed by atoms with Gasteiger partial charge in [-0.15, -0.1) is 0 Å². The smallest absolute Gasteiger partial charge is 0.220 e. The number of allylic oxidation sites excluding steroid dienone is 1. The molecule has 0 bridgehead atoms. The second-order valence-corrected chi connectivity index (χ2v) is 18.7. The first kappa shape index (κ1) is 57.1. The molecule has 0 heterocycles. The largest absolute Gasteiger partial charge is 0.394 e. The Morgan fingerprint density at radius 2 is 0.638 bits per heavy atom. The van der Waals surface area contributed by atoms with Crippen LogP contribution in [0.15, 0.2) is 12.2 Å². The molecule has 0 aliphatic heterocycles. The van der Waals surface area contributed by atoms with Gasteiger partial charge in [-0.3, -0.25) is 4.79 Å². The maximum absolute atomic E-state index is 12.4. The molecule has 0 spiro atoms. The lowest BCUT2D eigenvalue weighted by Crippen LogP contribution is -2.45. The molecule has 0 aliphatic carbocycles. The lowest BCUT2D eigenvalue weighted by molar-refractivity contribution is -0.123. The van der Waals surface area contributed by atoms with Crippen molar-refractivity contribution >= 4 is 5.91 Å². The number of amides is 1. The van der Waals surface area contributed by atoms with Crippen molar-refractivity contribution < 1.29 is 15.0 Å². The van der Waals surface area contributed by atoms with Crippen LogP contribution in [0.2, 0.25) is 0 Å². The lowest BCUT2D eigenvalue weighted by atomic mass is 10.0. The quantitative estimate of drug-likeness (QED) is 0.0423. The molecule has 1 amide bonds. The van der Waals surface area contributed by atoms with Crippen molar-refractivity contribution in [2.75, 3.05) is 6.61 Å². The Hall–Kier alpha value is -0.870. The number of unbranched alkanes of at least 4 members (excludes halogenated alkanes) is 43. The minimum atomic E-state index is -0.835. The number of rotatable bonds is 50. The topological polar surface area (TPSA) is 69.6 Å². The van der Waals surface area contributed by atoms with Crippen LogP contribution in [0.3, 0.4) is 0 Å². The van der Waals surface area contributed by atoms with Gasteiger partial charge in [0.2, 0.25) is 5.91 Å². The number of hydrogen-bond donors (Lipinski definition) is 3. The van der Waals surface area contributed by atoms with E-state index in [9.17, 15) is 15.0 Å². The van der Waals surface area contributed by atoms with E-state index in [2.05, 4.69) is 19.2 Å². The fourth-order valence-corrected chi connectivity index (χ4v) is 8.65. The number of carbonyl (C=O) groups excluding carboxylic acids is 1. The molecule has 0 saturated heterocycles. The van der Waals surface area contributed by atoms with E-state index in [1.807, 2.05) is 6.08 Å². The van der Waals surface area contributed by atoms with Crippen LogP contribution in [0.5, 0.6) is 0 Å². The van der Waals surface area contributed by atoms with Crippen molar-refractivity contribution in [2.24, 2.45) is 0 Å². The van der Waals surface area contributed by atoms with E-state index < -0.39 is 12.1 Å². The van der Waals surface area contributed by atoms with Crippen LogP contribution in [0.1, 0.15) is 309 Å². The first-order chi connectivity index (χ1) is 28.7. The summed E-state index contributed by atoms with van der Waals surface area (Å²) >= 11 is 0. The Morgan fingerprint density at radius 3 is 0.897 bits per heavy atom. The van der Waals surface area contributed by atoms with E-state index in [0.717, 1.165) is 25.7 Å². The minimum absolute atomic E-state index is 0.0578. The Morgan fingerprint density at radius 1 is 0.397 bits per heavy atom. The van der Waals surface area contributed by atoms with Crippen LogP contribution in [0.25, 0.3) is 0 Å². The molecule has 0 radical (unpaired) electrons. The van der Waals surface area contributed by atoms with Gasteiger partial charge in [0.05, 0.1) is 18.8 Å². The van der Waals surface area contributed by atoms with E-state index >= 15 is 0 Å². The molecule has 2 atom stereocenters. The minimum Gasteiger partial charge on any atom is -0.394 e. The first-order valence-corrected chi connectivity index (χ1v) is 26.9. The highest BCUT2D eigenvalue weighted by Crippen LogP contribution is 2.18. The van der Waals surface area contributed by atoms with Gasteiger partial charge in [0.15, 0.2) is 0 Å². The first-order valence-electron chi connectivity index (χ1n) is 26.9. The molecule has 3 N–H and O–H groups in total. The van der Waals surface area contributed by atoms with Crippen molar-refractivity contribution in [2.45, 2.75) is 321 Å². The number of nitrogens with one attached hydrogen (secondary N) is 1. The standard InChI is InChI=1S/C54H107NO3/c1-3-5-7-9-11-13-15-17-19-21-22-23-24-25-26-27-28-29-30-31-32-33-34-35-37-39-41-43-45-47-49-53(57)52(51-56)55-54(58)50-48-46-44-42-40-38-36-20-18-16-14-12-10-8-6-4-2/h47,49,52-53,56-57H,3-46,48,50-51H2,1-2H3,(H,55,58)/b49-47+. The normalized spacial score (nSPS) is 12.8. The van der Waals surface area contributed by atoms with Crippen molar-refractivity contribution in [3.05, 3.63) is 12.2 Å². The summed E-state index contributed by atoms with van der Waals surface area (Å²) in [6.45, 7) is 4.34. The molecular formula is C54H107NO3. The molecule has 0 aliphatic rings. The summed E-state index contributed by atoms with van der Waals surface area (Å²) in [5.74, 6) is -0.0578. The number of aliphatic hydroxyl groups excluding tert-OH is 2. The Bertz CT molecular complexity index is 799. The zero-order valence-electron chi connectivity index (χ0n) is 39.8. The molecule has 4 heteroatoms. The Kier molecular flexibility index (Phi) is 49.7. The molecule has 0 saturated carbocycles. The van der Waals surface area contributed by atoms with Crippen LogP contribution in [0, 0.1) is 0 Å². The fraction of sp³-hybridized carbons (Fsp3) is 0.944. The van der Waals surface area contributed by atoms with Crippen LogP contribution >= 0.6 is 0 Å². The molecule has 346 valence electrons. The van der Waals surface area contributed by atoms with E-state index in [1.165, 1.54) is 263 Å². The average Bonchev–Trinajstić information content (AvgIpc) is 3.23. The molecule has 0 aromatic rings. The molecule has 0 aromatic heterocycles. The van der Waals surface area contributed by atoms with Gasteiger partial charge in [-0.25, -0.2) is 0 Å². The van der Waals surface area contributed by atoms with Crippen LogP contribution in [0.4, 0.5) is 0 Å². The van der Waals surface area contributed by atoms with Crippen LogP contribution in [-0.2, 0) is 4.79 Å². The van der Waals surface area contributed by atoms with Gasteiger partial charge in [0, 0.05) is 6.42 Å². The van der Waals surface area contributed by atoms with Gasteiger partial charge in [-0.1, -0.05) is 296 Å². The number of carbonyl (C=O) groups is 1. The maximum Gasteiger partial charge on any atom is 0.220 e. The van der Waals surface area contributed by atoms with Crippen molar-refractivity contribution in [1.82, 2.24) is 5.32 Å². The molecule has 2 unspecified atom stereocenters. The third kappa shape index (κ3) is 46.2. The van der Waals surface area contributed by atoms with Crippen LogP contribution in [-0.4, -0.2) is 34.9 Å². The molecule has 0 rings (SSSR count). The Labute approximate surface area is 365 Å². The summed E-state index contributed by atoms with van der Waals surface area (Å²) < 4.78 is 0. The molecule has 0 fully saturated rings. The monoisotopic (exact) mass is 818 g/mol. The zero-order chi connectivity index (χ0) is 42.1. The van der Waals surface area contributed by atoms with E-state index in [1.54, 1.807) is 6.08 Å². The highest BCUT2D eigenvalue weighted by Gasteiger charge is 2.18. The second-order valence-electron chi connectivity index (χ2n) is 18.7. The van der Waals surface area contributed by atoms with Crippen molar-refractivity contribution in [1.29, 1.82) is 0 Å². The van der Waals surface area contributed by atoms with Gasteiger partial charge in [0.25, 0.3) is 0 Å². The summed E-state index contributed by atoms with van der Waals surface area (Å²) in [5, 5.41) is 23.1. The number of aliphatic hydroxyl groups is 2. The van der Waals surface area contributed by atoms with E-state index in [-0.39, 0.29) is 12.5 Å².